The topological polar surface area (TPSA) is 216 Å². The average Bonchev–Trinajstić information content (AvgIpc) is 3.87. The molecule has 0 aliphatic heterocycles. The Bertz CT molecular complexity index is 1960. The Hall–Kier alpha value is -5.63. The summed E-state index contributed by atoms with van der Waals surface area (Å²) in [5, 5.41) is 22.5. The van der Waals surface area contributed by atoms with E-state index in [0.29, 0.717) is 17.2 Å². The van der Waals surface area contributed by atoms with E-state index in [0.717, 1.165) is 67.7 Å². The quantitative estimate of drug-likeness (QED) is 0.107. The maximum Gasteiger partial charge on any atom is 0.353 e. The maximum absolute atomic E-state index is 14.9. The average molecular weight is 746 g/mol. The lowest BCUT2D eigenvalue weighted by molar-refractivity contribution is -0.190. The Morgan fingerprint density at radius 2 is 1.71 bits per heavy atom. The number of carboxylic acids is 1. The van der Waals surface area contributed by atoms with Crippen molar-refractivity contribution in [3.63, 3.8) is 0 Å². The number of aromatic nitrogens is 6. The highest BCUT2D eigenvalue weighted by Crippen LogP contribution is 2.35. The summed E-state index contributed by atoms with van der Waals surface area (Å²) in [6.07, 6.45) is 3.24. The molecule has 0 aromatic carbocycles. The third-order valence-electron chi connectivity index (χ3n) is 7.73. The molecule has 4 aromatic heterocycles. The fourth-order valence-corrected chi connectivity index (χ4v) is 6.20. The number of aliphatic carboxylic acids is 1. The van der Waals surface area contributed by atoms with Gasteiger partial charge >= 0.3 is 23.9 Å². The number of esters is 3. The normalized spacial score (nSPS) is 16.8. The smallest absolute Gasteiger partial charge is 0.353 e. The first-order chi connectivity index (χ1) is 24.8. The Balaban J connectivity index is 1.29. The van der Waals surface area contributed by atoms with Crippen molar-refractivity contribution < 1.29 is 56.8 Å². The van der Waals surface area contributed by atoms with Crippen molar-refractivity contribution in [1.29, 1.82) is 0 Å². The highest BCUT2D eigenvalue weighted by molar-refractivity contribution is 7.13. The zero-order valence-corrected chi connectivity index (χ0v) is 28.8. The van der Waals surface area contributed by atoms with Crippen molar-refractivity contribution in [2.45, 2.75) is 77.5 Å². The Kier molecular flexibility index (Phi) is 12.0. The number of hydrogen-bond donors (Lipinski definition) is 2. The van der Waals surface area contributed by atoms with Gasteiger partial charge in [0.25, 0.3) is 5.91 Å². The van der Waals surface area contributed by atoms with Crippen LogP contribution in [-0.4, -0.2) is 89.3 Å². The number of ether oxygens (including phenoxy) is 4. The first-order valence-electron chi connectivity index (χ1n) is 15.9. The van der Waals surface area contributed by atoms with Crippen molar-refractivity contribution in [2.24, 2.45) is 0 Å². The molecule has 2 unspecified atom stereocenters. The van der Waals surface area contributed by atoms with Gasteiger partial charge in [-0.15, -0.1) is 11.3 Å². The molecule has 2 atom stereocenters. The third-order valence-corrected chi connectivity index (χ3v) is 8.62. The molecule has 2 N–H and O–H groups in total. The Labute approximate surface area is 297 Å². The molecule has 1 aliphatic rings. The molecule has 1 aliphatic carbocycles. The number of rotatable bonds is 14. The number of nitrogens with zero attached hydrogens (tertiary/aromatic N) is 6. The summed E-state index contributed by atoms with van der Waals surface area (Å²) in [7, 11) is 0. The number of pyridine rings is 1. The first-order valence-corrected chi connectivity index (χ1v) is 16.8. The number of halogens is 2. The van der Waals surface area contributed by atoms with E-state index >= 15 is 0 Å². The number of carboxylic acid groups (broad SMARTS) is 1. The lowest BCUT2D eigenvalue weighted by atomic mass is 9.93. The number of carbonyl (C=O) groups is 5. The van der Waals surface area contributed by atoms with Crippen molar-refractivity contribution in [3.8, 4) is 22.0 Å². The van der Waals surface area contributed by atoms with Crippen LogP contribution in [0.3, 0.4) is 0 Å². The van der Waals surface area contributed by atoms with Gasteiger partial charge in [0.1, 0.15) is 22.1 Å². The number of nitrogens with one attached hydrogen (secondary N) is 1. The zero-order valence-electron chi connectivity index (χ0n) is 28.0. The highest BCUT2D eigenvalue weighted by atomic mass is 32.1. The number of hydrogen-bond acceptors (Lipinski definition) is 14. The van der Waals surface area contributed by atoms with E-state index in [1.54, 1.807) is 10.9 Å². The van der Waals surface area contributed by atoms with Crippen molar-refractivity contribution >= 4 is 46.8 Å². The summed E-state index contributed by atoms with van der Waals surface area (Å²) in [4.78, 5) is 68.5. The van der Waals surface area contributed by atoms with Gasteiger partial charge in [0, 0.05) is 43.8 Å². The lowest BCUT2D eigenvalue weighted by Gasteiger charge is -2.28. The van der Waals surface area contributed by atoms with Gasteiger partial charge in [-0.25, -0.2) is 28.6 Å². The summed E-state index contributed by atoms with van der Waals surface area (Å²) in [6, 6.07) is 1.74. The second-order valence-electron chi connectivity index (χ2n) is 11.5. The van der Waals surface area contributed by atoms with E-state index in [-0.39, 0.29) is 34.9 Å². The van der Waals surface area contributed by atoms with Crippen molar-refractivity contribution in [3.05, 3.63) is 53.6 Å². The van der Waals surface area contributed by atoms with Crippen LogP contribution >= 0.6 is 11.3 Å². The molecular weight excluding hydrogens is 712 g/mol. The zero-order chi connectivity index (χ0) is 37.5. The first kappa shape index (κ1) is 37.6. The minimum absolute atomic E-state index is 0.0165. The van der Waals surface area contributed by atoms with Gasteiger partial charge < -0.3 is 29.4 Å². The molecule has 1 saturated carbocycles. The summed E-state index contributed by atoms with van der Waals surface area (Å²) < 4.78 is 51.9. The predicted molar refractivity (Wildman–Crippen MR) is 174 cm³/mol. The van der Waals surface area contributed by atoms with E-state index in [1.807, 2.05) is 6.92 Å². The molecule has 1 fully saturated rings. The molecule has 5 rings (SSSR count). The number of amides is 1. The van der Waals surface area contributed by atoms with E-state index in [2.05, 4.69) is 30.2 Å². The van der Waals surface area contributed by atoms with Crippen LogP contribution in [0.5, 0.6) is 0 Å². The minimum atomic E-state index is -2.16. The lowest BCUT2D eigenvalue weighted by Crippen LogP contribution is -2.46. The standard InChI is InChI=1S/C32H33F2N7O10S/c1-4-48-20-7-5-19(6-8-20)41-13-22(26(39-41)25-21(33)9-10-24(34)38-25)36-29(44)23-14-52-30(37-23)18-11-35-40(12-18)15-49-32(47)28(51-17(3)43)27(31(45)46)50-16(2)42/h9-14,19-20,27-28H,4-8,15H2,1-3H3,(H,36,44)(H,45,46). The second-order valence-corrected chi connectivity index (χ2v) is 12.3. The molecule has 0 spiro atoms. The van der Waals surface area contributed by atoms with Crippen LogP contribution in [0.25, 0.3) is 22.0 Å². The molecule has 4 heterocycles. The molecule has 52 heavy (non-hydrogen) atoms. The predicted octanol–water partition coefficient (Wildman–Crippen LogP) is 3.76. The Morgan fingerprint density at radius 3 is 2.38 bits per heavy atom. The highest BCUT2D eigenvalue weighted by Gasteiger charge is 2.41. The van der Waals surface area contributed by atoms with Crippen LogP contribution in [0.4, 0.5) is 14.5 Å². The number of carbonyl (C=O) groups excluding carboxylic acids is 4. The molecule has 0 radical (unpaired) electrons. The van der Waals surface area contributed by atoms with Crippen LogP contribution in [-0.2, 0) is 44.9 Å². The van der Waals surface area contributed by atoms with Gasteiger partial charge in [-0.05, 0) is 44.7 Å². The van der Waals surface area contributed by atoms with E-state index in [1.165, 1.54) is 17.8 Å². The molecule has 0 saturated heterocycles. The van der Waals surface area contributed by atoms with Gasteiger partial charge in [0.15, 0.2) is 12.5 Å². The number of thiazole rings is 1. The number of anilines is 1. The molecule has 20 heteroatoms. The van der Waals surface area contributed by atoms with Crippen LogP contribution in [0.2, 0.25) is 0 Å². The monoisotopic (exact) mass is 745 g/mol. The summed E-state index contributed by atoms with van der Waals surface area (Å²) in [5.41, 5.74) is 0.0681. The van der Waals surface area contributed by atoms with Gasteiger partial charge in [-0.3, -0.25) is 19.1 Å². The van der Waals surface area contributed by atoms with Gasteiger partial charge in [-0.2, -0.15) is 14.6 Å². The fourth-order valence-electron chi connectivity index (χ4n) is 5.43. The fraction of sp³-hybridized carbons (Fsp3) is 0.406. The molecular formula is C32H33F2N7O10S. The van der Waals surface area contributed by atoms with Crippen LogP contribution < -0.4 is 5.32 Å². The Morgan fingerprint density at radius 1 is 1.00 bits per heavy atom. The van der Waals surface area contributed by atoms with E-state index in [4.69, 9.17) is 14.2 Å². The second kappa shape index (κ2) is 16.6. The molecule has 276 valence electrons. The summed E-state index contributed by atoms with van der Waals surface area (Å²) >= 11 is 1.08. The largest absolute Gasteiger partial charge is 0.478 e. The maximum atomic E-state index is 14.9. The van der Waals surface area contributed by atoms with Gasteiger partial charge in [0.05, 0.1) is 24.0 Å². The van der Waals surface area contributed by atoms with Gasteiger partial charge in [-0.1, -0.05) is 0 Å². The van der Waals surface area contributed by atoms with E-state index < -0.39 is 60.5 Å². The molecule has 4 aromatic rings. The third kappa shape index (κ3) is 9.18. The van der Waals surface area contributed by atoms with Gasteiger partial charge in [0.2, 0.25) is 18.2 Å². The van der Waals surface area contributed by atoms with Crippen LogP contribution in [0.15, 0.2) is 36.1 Å². The van der Waals surface area contributed by atoms with Crippen LogP contribution in [0.1, 0.15) is 63.0 Å². The SMILES string of the molecule is CCOC1CCC(n2cc(NC(=O)c3csc(-c4cnn(COC(=O)C(OC(C)=O)C(OC(C)=O)C(=O)O)c4)n3)c(-c3nc(F)ccc3F)n2)CC1. The molecule has 1 amide bonds. The van der Waals surface area contributed by atoms with Crippen LogP contribution in [0, 0.1) is 11.8 Å². The van der Waals surface area contributed by atoms with E-state index in [9.17, 15) is 37.9 Å². The van der Waals surface area contributed by atoms with Crippen molar-refractivity contribution in [2.75, 3.05) is 11.9 Å². The minimum Gasteiger partial charge on any atom is -0.478 e. The molecule has 0 bridgehead atoms. The van der Waals surface area contributed by atoms with Crippen molar-refractivity contribution in [1.82, 2.24) is 29.5 Å². The molecule has 17 nitrogen and oxygen atoms in total. The summed E-state index contributed by atoms with van der Waals surface area (Å²) in [5.74, 6) is -7.53. The summed E-state index contributed by atoms with van der Waals surface area (Å²) in [6.45, 7) is 3.82.